The van der Waals surface area contributed by atoms with Gasteiger partial charge in [-0.3, -0.25) is 4.57 Å². The molecular formula is C28H27N7O. The van der Waals surface area contributed by atoms with Gasteiger partial charge in [-0.2, -0.15) is 4.98 Å². The number of hydrogen-bond acceptors (Lipinski definition) is 5. The molecule has 0 radical (unpaired) electrons. The van der Waals surface area contributed by atoms with E-state index in [4.69, 9.17) is 4.98 Å². The Morgan fingerprint density at radius 2 is 1.83 bits per heavy atom. The number of carbonyl (C=O) groups is 1. The Balaban J connectivity index is 1.10. The van der Waals surface area contributed by atoms with E-state index < -0.39 is 0 Å². The van der Waals surface area contributed by atoms with E-state index in [1.54, 1.807) is 12.5 Å². The lowest BCUT2D eigenvalue weighted by Crippen LogP contribution is -2.44. The van der Waals surface area contributed by atoms with Gasteiger partial charge in [0.05, 0.1) is 16.7 Å². The van der Waals surface area contributed by atoms with Gasteiger partial charge in [0.2, 0.25) is 5.95 Å². The summed E-state index contributed by atoms with van der Waals surface area (Å²) in [7, 11) is 0. The highest BCUT2D eigenvalue weighted by Gasteiger charge is 2.24. The van der Waals surface area contributed by atoms with Crippen LogP contribution in [0.25, 0.3) is 27.6 Å². The predicted octanol–water partition coefficient (Wildman–Crippen LogP) is 5.32. The molecule has 36 heavy (non-hydrogen) atoms. The molecule has 1 aliphatic heterocycles. The average Bonchev–Trinajstić information content (AvgIpc) is 3.37. The van der Waals surface area contributed by atoms with Crippen molar-refractivity contribution in [3.63, 3.8) is 0 Å². The molecule has 0 aliphatic carbocycles. The summed E-state index contributed by atoms with van der Waals surface area (Å²) in [5, 5.41) is 8.66. The molecule has 2 amide bonds. The van der Waals surface area contributed by atoms with E-state index in [0.29, 0.717) is 25.0 Å². The maximum Gasteiger partial charge on any atom is 0.321 e. The Bertz CT molecular complexity index is 1520. The van der Waals surface area contributed by atoms with E-state index in [-0.39, 0.29) is 6.03 Å². The Kier molecular flexibility index (Phi) is 5.91. The molecule has 0 saturated carbocycles. The summed E-state index contributed by atoms with van der Waals surface area (Å²) < 4.78 is 1.96. The lowest BCUT2D eigenvalue weighted by atomic mass is 9.98. The molecule has 1 unspecified atom stereocenters. The van der Waals surface area contributed by atoms with Crippen LogP contribution in [0.1, 0.15) is 12.8 Å². The zero-order chi connectivity index (χ0) is 24.3. The maximum atomic E-state index is 13.1. The van der Waals surface area contributed by atoms with E-state index in [9.17, 15) is 4.79 Å². The third-order valence-electron chi connectivity index (χ3n) is 6.73. The summed E-state index contributed by atoms with van der Waals surface area (Å²) in [6, 6.07) is 23.9. The zero-order valence-corrected chi connectivity index (χ0v) is 19.8. The molecule has 2 N–H and O–H groups in total. The van der Waals surface area contributed by atoms with Crippen molar-refractivity contribution in [1.82, 2.24) is 24.4 Å². The van der Waals surface area contributed by atoms with Crippen molar-refractivity contribution < 1.29 is 4.79 Å². The van der Waals surface area contributed by atoms with Crippen molar-refractivity contribution in [2.24, 2.45) is 5.92 Å². The molecule has 180 valence electrons. The summed E-state index contributed by atoms with van der Waals surface area (Å²) in [6.07, 6.45) is 5.56. The Morgan fingerprint density at radius 3 is 2.81 bits per heavy atom. The number of nitrogens with zero attached hydrogens (tertiary/aromatic N) is 5. The molecule has 8 nitrogen and oxygen atoms in total. The fourth-order valence-electron chi connectivity index (χ4n) is 4.89. The van der Waals surface area contributed by atoms with E-state index in [0.717, 1.165) is 52.7 Å². The van der Waals surface area contributed by atoms with Gasteiger partial charge in [-0.05, 0) is 48.4 Å². The van der Waals surface area contributed by atoms with Gasteiger partial charge in [-0.1, -0.05) is 48.5 Å². The molecule has 0 bridgehead atoms. The number of amides is 2. The number of benzene rings is 3. The molecule has 1 aliphatic rings. The summed E-state index contributed by atoms with van der Waals surface area (Å²) in [5.41, 5.74) is 2.77. The van der Waals surface area contributed by atoms with Crippen LogP contribution in [-0.4, -0.2) is 50.1 Å². The number of nitrogens with one attached hydrogen (secondary N) is 2. The zero-order valence-electron chi connectivity index (χ0n) is 19.8. The van der Waals surface area contributed by atoms with Crippen LogP contribution in [-0.2, 0) is 0 Å². The quantitative estimate of drug-likeness (QED) is 0.357. The fourth-order valence-corrected chi connectivity index (χ4v) is 4.89. The molecule has 0 spiro atoms. The van der Waals surface area contributed by atoms with Crippen molar-refractivity contribution in [2.45, 2.75) is 12.8 Å². The number of fused-ring (bicyclic) bond motifs is 2. The summed E-state index contributed by atoms with van der Waals surface area (Å²) in [4.78, 5) is 28.5. The number of para-hydroxylation sites is 2. The second-order valence-corrected chi connectivity index (χ2v) is 9.13. The number of likely N-dealkylation sites (tertiary alicyclic amines) is 1. The summed E-state index contributed by atoms with van der Waals surface area (Å²) in [5.74, 6) is 1.65. The first-order chi connectivity index (χ1) is 17.7. The Morgan fingerprint density at radius 1 is 0.972 bits per heavy atom. The number of rotatable bonds is 5. The van der Waals surface area contributed by atoms with Gasteiger partial charge in [0, 0.05) is 31.2 Å². The monoisotopic (exact) mass is 477 g/mol. The van der Waals surface area contributed by atoms with E-state index in [1.165, 1.54) is 0 Å². The molecule has 5 aromatic rings. The molecular weight excluding hydrogens is 450 g/mol. The summed E-state index contributed by atoms with van der Waals surface area (Å²) >= 11 is 0. The first-order valence-corrected chi connectivity index (χ1v) is 12.3. The third-order valence-corrected chi connectivity index (χ3v) is 6.73. The van der Waals surface area contributed by atoms with Crippen LogP contribution in [0.2, 0.25) is 0 Å². The number of aromatic nitrogens is 4. The van der Waals surface area contributed by atoms with Gasteiger partial charge in [-0.25, -0.2) is 14.8 Å². The van der Waals surface area contributed by atoms with Gasteiger partial charge in [0.1, 0.15) is 12.1 Å². The minimum absolute atomic E-state index is 0.0544. The topological polar surface area (TPSA) is 88.0 Å². The predicted molar refractivity (Wildman–Crippen MR) is 142 cm³/mol. The first kappa shape index (κ1) is 22.0. The maximum absolute atomic E-state index is 13.1. The van der Waals surface area contributed by atoms with Crippen LogP contribution in [0.15, 0.2) is 85.3 Å². The van der Waals surface area contributed by atoms with Crippen molar-refractivity contribution >= 4 is 39.5 Å². The highest BCUT2D eigenvalue weighted by Crippen LogP contribution is 2.25. The lowest BCUT2D eigenvalue weighted by molar-refractivity contribution is 0.180. The van der Waals surface area contributed by atoms with E-state index >= 15 is 0 Å². The van der Waals surface area contributed by atoms with Crippen LogP contribution in [0.4, 0.5) is 16.4 Å². The second kappa shape index (κ2) is 9.65. The van der Waals surface area contributed by atoms with Crippen LogP contribution in [0.3, 0.4) is 0 Å². The average molecular weight is 478 g/mol. The molecule has 2 aromatic heterocycles. The number of urea groups is 1. The highest BCUT2D eigenvalue weighted by molar-refractivity contribution is 6.01. The first-order valence-electron chi connectivity index (χ1n) is 12.3. The van der Waals surface area contributed by atoms with E-state index in [2.05, 4.69) is 32.7 Å². The minimum Gasteiger partial charge on any atom is -0.354 e. The molecule has 8 heteroatoms. The third kappa shape index (κ3) is 4.45. The molecule has 1 saturated heterocycles. The minimum atomic E-state index is -0.0544. The normalized spacial score (nSPS) is 15.8. The number of imidazole rings is 1. The number of hydrogen-bond donors (Lipinski definition) is 2. The van der Waals surface area contributed by atoms with Crippen molar-refractivity contribution in [1.29, 1.82) is 0 Å². The lowest BCUT2D eigenvalue weighted by Gasteiger charge is -2.33. The Labute approximate surface area is 209 Å². The largest absolute Gasteiger partial charge is 0.354 e. The van der Waals surface area contributed by atoms with Crippen LogP contribution >= 0.6 is 0 Å². The van der Waals surface area contributed by atoms with Gasteiger partial charge in [-0.15, -0.1) is 0 Å². The van der Waals surface area contributed by atoms with Crippen molar-refractivity contribution in [2.75, 3.05) is 30.3 Å². The standard InChI is InChI=1S/C28H27N7O/c36-28(32-23-12-5-9-21-8-1-2-10-22(21)23)34-16-6-7-20(18-34)17-30-27-29-15-14-26(33-27)35-19-31-24-11-3-4-13-25(24)35/h1-5,8-15,19-20H,6-7,16-18H2,(H,32,36)(H,29,30,33). The van der Waals surface area contributed by atoms with Gasteiger partial charge < -0.3 is 15.5 Å². The molecule has 1 fully saturated rings. The summed E-state index contributed by atoms with van der Waals surface area (Å²) in [6.45, 7) is 2.15. The van der Waals surface area contributed by atoms with Crippen LogP contribution in [0.5, 0.6) is 0 Å². The number of anilines is 2. The second-order valence-electron chi connectivity index (χ2n) is 9.13. The van der Waals surface area contributed by atoms with Gasteiger partial charge >= 0.3 is 6.03 Å². The van der Waals surface area contributed by atoms with E-state index in [1.807, 2.05) is 70.1 Å². The molecule has 3 aromatic carbocycles. The highest BCUT2D eigenvalue weighted by atomic mass is 16.2. The number of piperidine rings is 1. The molecule has 3 heterocycles. The fraction of sp³-hybridized carbons (Fsp3) is 0.214. The molecule has 1 atom stereocenters. The smallest absolute Gasteiger partial charge is 0.321 e. The van der Waals surface area contributed by atoms with Gasteiger partial charge in [0.15, 0.2) is 0 Å². The SMILES string of the molecule is O=C(Nc1cccc2ccccc12)N1CCCC(CNc2nccc(-n3cnc4ccccc43)n2)C1. The van der Waals surface area contributed by atoms with Gasteiger partial charge in [0.25, 0.3) is 0 Å². The Hall–Kier alpha value is -4.46. The van der Waals surface area contributed by atoms with Crippen molar-refractivity contribution in [3.05, 3.63) is 85.3 Å². The number of carbonyl (C=O) groups excluding carboxylic acids is 1. The molecule has 6 rings (SSSR count). The van der Waals surface area contributed by atoms with Crippen LogP contribution in [0, 0.1) is 5.92 Å². The van der Waals surface area contributed by atoms with Crippen LogP contribution < -0.4 is 10.6 Å². The van der Waals surface area contributed by atoms with Crippen molar-refractivity contribution in [3.8, 4) is 5.82 Å².